The van der Waals surface area contributed by atoms with Gasteiger partial charge in [0.15, 0.2) is 6.10 Å². The van der Waals surface area contributed by atoms with Crippen LogP contribution in [0.2, 0.25) is 15.1 Å². The molecule has 3 aromatic rings. The smallest absolute Gasteiger partial charge is 0.265 e. The molecular formula is C19H14Cl3NO2. The number of hydrogen-bond donors (Lipinski definition) is 1. The highest BCUT2D eigenvalue weighted by Crippen LogP contribution is 2.32. The largest absolute Gasteiger partial charge is 0.481 e. The zero-order valence-corrected chi connectivity index (χ0v) is 15.5. The summed E-state index contributed by atoms with van der Waals surface area (Å²) in [5, 5.41) is 5.78. The van der Waals surface area contributed by atoms with Crippen molar-refractivity contribution < 1.29 is 9.53 Å². The summed E-state index contributed by atoms with van der Waals surface area (Å²) in [6.07, 6.45) is -0.716. The molecule has 0 saturated carbocycles. The number of anilines is 1. The van der Waals surface area contributed by atoms with Gasteiger partial charge in [0.05, 0.1) is 20.8 Å². The van der Waals surface area contributed by atoms with Gasteiger partial charge in [-0.3, -0.25) is 4.79 Å². The van der Waals surface area contributed by atoms with Gasteiger partial charge in [0.1, 0.15) is 5.75 Å². The van der Waals surface area contributed by atoms with Crippen molar-refractivity contribution in [3.05, 3.63) is 69.7 Å². The molecular weight excluding hydrogens is 381 g/mol. The average Bonchev–Trinajstić information content (AvgIpc) is 2.59. The Bertz CT molecular complexity index is 943. The molecule has 0 bridgehead atoms. The average molecular weight is 395 g/mol. The minimum Gasteiger partial charge on any atom is -0.481 e. The van der Waals surface area contributed by atoms with Crippen LogP contribution >= 0.6 is 34.8 Å². The lowest BCUT2D eigenvalue weighted by Gasteiger charge is -2.16. The predicted molar refractivity (Wildman–Crippen MR) is 104 cm³/mol. The Labute approximate surface area is 160 Å². The van der Waals surface area contributed by atoms with E-state index in [4.69, 9.17) is 39.5 Å². The van der Waals surface area contributed by atoms with E-state index in [1.807, 2.05) is 42.5 Å². The van der Waals surface area contributed by atoms with Gasteiger partial charge in [0, 0.05) is 0 Å². The fourth-order valence-electron chi connectivity index (χ4n) is 2.35. The Balaban J connectivity index is 1.72. The third kappa shape index (κ3) is 4.18. The topological polar surface area (TPSA) is 38.3 Å². The van der Waals surface area contributed by atoms with E-state index in [1.165, 1.54) is 12.1 Å². The van der Waals surface area contributed by atoms with Crippen molar-refractivity contribution in [2.24, 2.45) is 0 Å². The predicted octanol–water partition coefficient (Wildman–Crippen LogP) is 6.21. The number of nitrogens with one attached hydrogen (secondary N) is 1. The summed E-state index contributed by atoms with van der Waals surface area (Å²) < 4.78 is 5.74. The van der Waals surface area contributed by atoms with Crippen molar-refractivity contribution in [3.8, 4) is 5.75 Å². The maximum absolute atomic E-state index is 12.4. The van der Waals surface area contributed by atoms with Crippen molar-refractivity contribution in [2.75, 3.05) is 5.32 Å². The van der Waals surface area contributed by atoms with Crippen LogP contribution < -0.4 is 10.1 Å². The number of carbonyl (C=O) groups excluding carboxylic acids is 1. The van der Waals surface area contributed by atoms with E-state index >= 15 is 0 Å². The molecule has 0 heterocycles. The standard InChI is InChI=1S/C19H14Cl3NO2/c1-11(19(24)23-18-10-16(21)15(20)9-17(18)22)25-14-7-6-12-4-2-3-5-13(12)8-14/h2-11H,1H3,(H,23,24)/t11-/m1/s1. The molecule has 3 aromatic carbocycles. The third-order valence-corrected chi connectivity index (χ3v) is 4.71. The molecule has 3 rings (SSSR count). The molecule has 0 aliphatic rings. The molecule has 0 fully saturated rings. The Morgan fingerprint density at radius 2 is 1.60 bits per heavy atom. The van der Waals surface area contributed by atoms with Gasteiger partial charge < -0.3 is 10.1 Å². The van der Waals surface area contributed by atoms with Crippen LogP contribution in [0.1, 0.15) is 6.92 Å². The number of fused-ring (bicyclic) bond motifs is 1. The van der Waals surface area contributed by atoms with Crippen molar-refractivity contribution in [1.29, 1.82) is 0 Å². The molecule has 0 aromatic heterocycles. The number of amides is 1. The molecule has 25 heavy (non-hydrogen) atoms. The first-order chi connectivity index (χ1) is 11.9. The number of rotatable bonds is 4. The fourth-order valence-corrected chi connectivity index (χ4v) is 2.95. The van der Waals surface area contributed by atoms with Gasteiger partial charge in [0.25, 0.3) is 5.91 Å². The molecule has 128 valence electrons. The molecule has 1 amide bonds. The van der Waals surface area contributed by atoms with Crippen LogP contribution in [0.15, 0.2) is 54.6 Å². The second-order valence-corrected chi connectivity index (χ2v) is 6.73. The summed E-state index contributed by atoms with van der Waals surface area (Å²) in [5.41, 5.74) is 0.384. The maximum atomic E-state index is 12.4. The van der Waals surface area contributed by atoms with Gasteiger partial charge in [-0.15, -0.1) is 0 Å². The van der Waals surface area contributed by atoms with Gasteiger partial charge in [-0.25, -0.2) is 0 Å². The number of halogens is 3. The van der Waals surface area contributed by atoms with Crippen molar-refractivity contribution >= 4 is 57.2 Å². The molecule has 0 unspecified atom stereocenters. The van der Waals surface area contributed by atoms with Crippen LogP contribution in [0.3, 0.4) is 0 Å². The Hall–Kier alpha value is -1.94. The van der Waals surface area contributed by atoms with Gasteiger partial charge >= 0.3 is 0 Å². The first kappa shape index (κ1) is 17.9. The van der Waals surface area contributed by atoms with E-state index < -0.39 is 6.10 Å². The second-order valence-electron chi connectivity index (χ2n) is 5.50. The summed E-state index contributed by atoms with van der Waals surface area (Å²) in [6, 6.07) is 16.6. The van der Waals surface area contributed by atoms with Gasteiger partial charge in [-0.05, 0) is 42.0 Å². The van der Waals surface area contributed by atoms with Crippen LogP contribution in [0.25, 0.3) is 10.8 Å². The van der Waals surface area contributed by atoms with E-state index in [1.54, 1.807) is 6.92 Å². The minimum atomic E-state index is -0.716. The summed E-state index contributed by atoms with van der Waals surface area (Å²) >= 11 is 17.9. The fraction of sp³-hybridized carbons (Fsp3) is 0.105. The normalized spacial score (nSPS) is 12.0. The first-order valence-electron chi connectivity index (χ1n) is 7.55. The quantitative estimate of drug-likeness (QED) is 0.534. The molecule has 1 N–H and O–H groups in total. The monoisotopic (exact) mass is 393 g/mol. The lowest BCUT2D eigenvalue weighted by molar-refractivity contribution is -0.122. The summed E-state index contributed by atoms with van der Waals surface area (Å²) in [6.45, 7) is 1.66. The van der Waals surface area contributed by atoms with Crippen LogP contribution in [-0.4, -0.2) is 12.0 Å². The highest BCUT2D eigenvalue weighted by atomic mass is 35.5. The van der Waals surface area contributed by atoms with Crippen LogP contribution in [0.5, 0.6) is 5.75 Å². The van der Waals surface area contributed by atoms with E-state index in [0.29, 0.717) is 26.5 Å². The zero-order valence-electron chi connectivity index (χ0n) is 13.2. The molecule has 1 atom stereocenters. The first-order valence-corrected chi connectivity index (χ1v) is 8.68. The third-order valence-electron chi connectivity index (χ3n) is 3.67. The Kier molecular flexibility index (Phi) is 5.38. The summed E-state index contributed by atoms with van der Waals surface area (Å²) in [7, 11) is 0. The Morgan fingerprint density at radius 3 is 2.36 bits per heavy atom. The second kappa shape index (κ2) is 7.52. The number of ether oxygens (including phenoxy) is 1. The Morgan fingerprint density at radius 1 is 0.920 bits per heavy atom. The molecule has 0 aliphatic carbocycles. The molecule has 3 nitrogen and oxygen atoms in total. The van der Waals surface area contributed by atoms with Crippen LogP contribution in [0.4, 0.5) is 5.69 Å². The van der Waals surface area contributed by atoms with Crippen LogP contribution in [-0.2, 0) is 4.79 Å². The van der Waals surface area contributed by atoms with Crippen molar-refractivity contribution in [2.45, 2.75) is 13.0 Å². The maximum Gasteiger partial charge on any atom is 0.265 e. The lowest BCUT2D eigenvalue weighted by Crippen LogP contribution is -2.30. The number of hydrogen-bond acceptors (Lipinski definition) is 2. The van der Waals surface area contributed by atoms with E-state index in [0.717, 1.165) is 10.8 Å². The molecule has 0 saturated heterocycles. The zero-order chi connectivity index (χ0) is 18.0. The highest BCUT2D eigenvalue weighted by Gasteiger charge is 2.17. The number of benzene rings is 3. The highest BCUT2D eigenvalue weighted by molar-refractivity contribution is 6.44. The van der Waals surface area contributed by atoms with Gasteiger partial charge in [0.2, 0.25) is 0 Å². The van der Waals surface area contributed by atoms with E-state index in [-0.39, 0.29) is 5.91 Å². The van der Waals surface area contributed by atoms with Crippen LogP contribution in [0, 0.1) is 0 Å². The molecule has 6 heteroatoms. The van der Waals surface area contributed by atoms with Crippen molar-refractivity contribution in [1.82, 2.24) is 0 Å². The number of carbonyl (C=O) groups is 1. The molecule has 0 spiro atoms. The van der Waals surface area contributed by atoms with Gasteiger partial charge in [-0.2, -0.15) is 0 Å². The lowest BCUT2D eigenvalue weighted by atomic mass is 10.1. The van der Waals surface area contributed by atoms with E-state index in [2.05, 4.69) is 5.32 Å². The van der Waals surface area contributed by atoms with Crippen molar-refractivity contribution in [3.63, 3.8) is 0 Å². The summed E-state index contributed by atoms with van der Waals surface area (Å²) in [5.74, 6) is 0.273. The van der Waals surface area contributed by atoms with E-state index in [9.17, 15) is 4.79 Å². The SMILES string of the molecule is C[C@@H](Oc1ccc2ccccc2c1)C(=O)Nc1cc(Cl)c(Cl)cc1Cl. The summed E-state index contributed by atoms with van der Waals surface area (Å²) in [4.78, 5) is 12.4. The minimum absolute atomic E-state index is 0.306. The molecule has 0 aliphatic heterocycles. The van der Waals surface area contributed by atoms with Gasteiger partial charge in [-0.1, -0.05) is 65.1 Å². The molecule has 0 radical (unpaired) electrons.